The second-order valence-electron chi connectivity index (χ2n) is 4.28. The van der Waals surface area contributed by atoms with Gasteiger partial charge in [0.15, 0.2) is 0 Å². The van der Waals surface area contributed by atoms with Gasteiger partial charge in [-0.25, -0.2) is 4.39 Å². The van der Waals surface area contributed by atoms with Gasteiger partial charge >= 0.3 is 0 Å². The maximum atomic E-state index is 13.3. The van der Waals surface area contributed by atoms with Crippen LogP contribution in [0.5, 0.6) is 0 Å². The van der Waals surface area contributed by atoms with Crippen LogP contribution < -0.4 is 5.32 Å². The van der Waals surface area contributed by atoms with E-state index < -0.39 is 0 Å². The predicted octanol–water partition coefficient (Wildman–Crippen LogP) is 4.33. The number of aromatic nitrogens is 1. The molecular formula is C14H16BrFN2. The van der Waals surface area contributed by atoms with Crippen LogP contribution in [0.15, 0.2) is 35.1 Å². The smallest absolute Gasteiger partial charge is 0.137 e. The van der Waals surface area contributed by atoms with E-state index >= 15 is 0 Å². The average molecular weight is 311 g/mol. The molecule has 0 fully saturated rings. The van der Waals surface area contributed by atoms with Crippen molar-refractivity contribution in [1.29, 1.82) is 0 Å². The van der Waals surface area contributed by atoms with Crippen LogP contribution in [0, 0.1) is 12.7 Å². The van der Waals surface area contributed by atoms with Crippen molar-refractivity contribution >= 4 is 21.6 Å². The number of halogens is 2. The highest BCUT2D eigenvalue weighted by Crippen LogP contribution is 2.24. The van der Waals surface area contributed by atoms with E-state index in [2.05, 4.69) is 51.2 Å². The van der Waals surface area contributed by atoms with Gasteiger partial charge in [0.05, 0.1) is 4.47 Å². The number of nitrogens with one attached hydrogen (secondary N) is 1. The van der Waals surface area contributed by atoms with E-state index in [1.54, 1.807) is 6.07 Å². The lowest BCUT2D eigenvalue weighted by atomic mass is 10.2. The van der Waals surface area contributed by atoms with Crippen LogP contribution in [0.4, 0.5) is 10.1 Å². The molecule has 0 aliphatic carbocycles. The molecule has 0 aliphatic rings. The zero-order chi connectivity index (χ0) is 13.1. The third-order valence-electron chi connectivity index (χ3n) is 2.93. The largest absolute Gasteiger partial charge is 0.381 e. The Morgan fingerprint density at radius 3 is 2.83 bits per heavy atom. The second kappa shape index (κ2) is 5.57. The molecule has 0 spiro atoms. The van der Waals surface area contributed by atoms with Crippen molar-refractivity contribution in [3.63, 3.8) is 0 Å². The Morgan fingerprint density at radius 1 is 1.39 bits per heavy atom. The first-order chi connectivity index (χ1) is 8.60. The van der Waals surface area contributed by atoms with Gasteiger partial charge in [-0.3, -0.25) is 0 Å². The van der Waals surface area contributed by atoms with Gasteiger partial charge in [-0.1, -0.05) is 0 Å². The molecule has 0 bridgehead atoms. The van der Waals surface area contributed by atoms with Crippen molar-refractivity contribution < 1.29 is 4.39 Å². The van der Waals surface area contributed by atoms with Crippen molar-refractivity contribution in [2.45, 2.75) is 26.9 Å². The number of rotatable bonds is 4. The summed E-state index contributed by atoms with van der Waals surface area (Å²) in [6.07, 6.45) is 4.17. The molecule has 0 amide bonds. The summed E-state index contributed by atoms with van der Waals surface area (Å²) in [6, 6.07) is 5.40. The summed E-state index contributed by atoms with van der Waals surface area (Å²) < 4.78 is 15.9. The average Bonchev–Trinajstić information content (AvgIpc) is 2.80. The molecule has 1 aromatic heterocycles. The first kappa shape index (κ1) is 13.1. The maximum absolute atomic E-state index is 13.3. The Labute approximate surface area is 115 Å². The minimum Gasteiger partial charge on any atom is -0.381 e. The molecule has 0 radical (unpaired) electrons. The summed E-state index contributed by atoms with van der Waals surface area (Å²) in [4.78, 5) is 0. The SMILES string of the molecule is CCn1ccc(CNc2cc(Br)c(F)cc2C)c1. The topological polar surface area (TPSA) is 17.0 Å². The van der Waals surface area contributed by atoms with Gasteiger partial charge in [-0.15, -0.1) is 0 Å². The van der Waals surface area contributed by atoms with Gasteiger partial charge < -0.3 is 9.88 Å². The molecule has 4 heteroatoms. The fourth-order valence-corrected chi connectivity index (χ4v) is 2.17. The van der Waals surface area contributed by atoms with Crippen molar-refractivity contribution in [2.24, 2.45) is 0 Å². The van der Waals surface area contributed by atoms with Gasteiger partial charge in [-0.2, -0.15) is 0 Å². The van der Waals surface area contributed by atoms with Crippen LogP contribution in [0.2, 0.25) is 0 Å². The maximum Gasteiger partial charge on any atom is 0.137 e. The predicted molar refractivity (Wildman–Crippen MR) is 76.3 cm³/mol. The fourth-order valence-electron chi connectivity index (χ4n) is 1.83. The molecular weight excluding hydrogens is 295 g/mol. The van der Waals surface area contributed by atoms with E-state index in [1.807, 2.05) is 6.92 Å². The Morgan fingerprint density at radius 2 is 2.17 bits per heavy atom. The molecule has 0 atom stereocenters. The Balaban J connectivity index is 2.08. The highest BCUT2D eigenvalue weighted by molar-refractivity contribution is 9.10. The number of nitrogens with zero attached hydrogens (tertiary/aromatic N) is 1. The summed E-state index contributed by atoms with van der Waals surface area (Å²) in [6.45, 7) is 5.72. The molecule has 2 nitrogen and oxygen atoms in total. The standard InChI is InChI=1S/C14H16BrFN2/c1-3-18-5-4-11(9-18)8-17-14-7-12(15)13(16)6-10(14)2/h4-7,9,17H,3,8H2,1-2H3. The van der Waals surface area contributed by atoms with E-state index in [0.29, 0.717) is 4.47 Å². The lowest BCUT2D eigenvalue weighted by Crippen LogP contribution is -2.01. The second-order valence-corrected chi connectivity index (χ2v) is 5.14. The third kappa shape index (κ3) is 2.93. The number of hydrogen-bond acceptors (Lipinski definition) is 1. The summed E-state index contributed by atoms with van der Waals surface area (Å²) in [5.74, 6) is -0.227. The van der Waals surface area contributed by atoms with E-state index in [-0.39, 0.29) is 5.82 Å². The molecule has 0 saturated heterocycles. The molecule has 1 heterocycles. The molecule has 1 aromatic carbocycles. The Kier molecular flexibility index (Phi) is 4.07. The van der Waals surface area contributed by atoms with Crippen LogP contribution in [-0.2, 0) is 13.1 Å². The molecule has 96 valence electrons. The molecule has 2 rings (SSSR count). The van der Waals surface area contributed by atoms with Gasteiger partial charge in [0.1, 0.15) is 5.82 Å². The molecule has 2 aromatic rings. The lowest BCUT2D eigenvalue weighted by Gasteiger charge is -2.10. The fraction of sp³-hybridized carbons (Fsp3) is 0.286. The summed E-state index contributed by atoms with van der Waals surface area (Å²) in [7, 11) is 0. The van der Waals surface area contributed by atoms with E-state index in [9.17, 15) is 4.39 Å². The number of hydrogen-bond donors (Lipinski definition) is 1. The first-order valence-electron chi connectivity index (χ1n) is 5.94. The van der Waals surface area contributed by atoms with E-state index in [1.165, 1.54) is 11.6 Å². The highest BCUT2D eigenvalue weighted by atomic mass is 79.9. The molecule has 0 unspecified atom stereocenters. The van der Waals surface area contributed by atoms with Crippen molar-refractivity contribution in [3.05, 3.63) is 52.0 Å². The number of anilines is 1. The van der Waals surface area contributed by atoms with Crippen LogP contribution in [0.1, 0.15) is 18.1 Å². The van der Waals surface area contributed by atoms with Crippen LogP contribution >= 0.6 is 15.9 Å². The Hall–Kier alpha value is -1.29. The zero-order valence-corrected chi connectivity index (χ0v) is 12.1. The van der Waals surface area contributed by atoms with Crippen molar-refractivity contribution in [1.82, 2.24) is 4.57 Å². The van der Waals surface area contributed by atoms with Crippen LogP contribution in [0.25, 0.3) is 0 Å². The lowest BCUT2D eigenvalue weighted by molar-refractivity contribution is 0.620. The molecule has 0 aliphatic heterocycles. The molecule has 0 saturated carbocycles. The molecule has 18 heavy (non-hydrogen) atoms. The normalized spacial score (nSPS) is 10.7. The number of benzene rings is 1. The summed E-state index contributed by atoms with van der Waals surface area (Å²) >= 11 is 3.20. The minimum absolute atomic E-state index is 0.227. The molecule has 1 N–H and O–H groups in total. The quantitative estimate of drug-likeness (QED) is 0.889. The van der Waals surface area contributed by atoms with Crippen molar-refractivity contribution in [3.8, 4) is 0 Å². The van der Waals surface area contributed by atoms with Crippen LogP contribution in [-0.4, -0.2) is 4.57 Å². The van der Waals surface area contributed by atoms with Gasteiger partial charge in [-0.05, 0) is 59.1 Å². The van der Waals surface area contributed by atoms with E-state index in [0.717, 1.165) is 24.3 Å². The van der Waals surface area contributed by atoms with Gasteiger partial charge in [0.2, 0.25) is 0 Å². The van der Waals surface area contributed by atoms with Gasteiger partial charge in [0, 0.05) is 31.2 Å². The van der Waals surface area contributed by atoms with Crippen molar-refractivity contribution in [2.75, 3.05) is 5.32 Å². The minimum atomic E-state index is -0.227. The highest BCUT2D eigenvalue weighted by Gasteiger charge is 2.05. The summed E-state index contributed by atoms with van der Waals surface area (Å²) in [5, 5.41) is 3.32. The third-order valence-corrected chi connectivity index (χ3v) is 3.53. The zero-order valence-electron chi connectivity index (χ0n) is 10.5. The first-order valence-corrected chi connectivity index (χ1v) is 6.73. The van der Waals surface area contributed by atoms with Gasteiger partial charge in [0.25, 0.3) is 0 Å². The van der Waals surface area contributed by atoms with Crippen LogP contribution in [0.3, 0.4) is 0 Å². The van der Waals surface area contributed by atoms with E-state index in [4.69, 9.17) is 0 Å². The number of aryl methyl sites for hydroxylation is 2. The summed E-state index contributed by atoms with van der Waals surface area (Å²) in [5.41, 5.74) is 3.08. The monoisotopic (exact) mass is 310 g/mol. The Bertz CT molecular complexity index is 549.